The molecule has 1 aliphatic heterocycles. The Balaban J connectivity index is 1.62. The molecule has 4 rings (SSSR count). The van der Waals surface area contributed by atoms with Crippen LogP contribution < -0.4 is 20.1 Å². The summed E-state index contributed by atoms with van der Waals surface area (Å²) in [7, 11) is 3.23. The van der Waals surface area contributed by atoms with Crippen molar-refractivity contribution in [1.82, 2.24) is 14.8 Å². The van der Waals surface area contributed by atoms with Gasteiger partial charge in [-0.2, -0.15) is 0 Å². The molecule has 3 aromatic rings. The van der Waals surface area contributed by atoms with E-state index in [9.17, 15) is 19.5 Å². The second-order valence-corrected chi connectivity index (χ2v) is 10.0. The zero-order valence-corrected chi connectivity index (χ0v) is 23.5. The van der Waals surface area contributed by atoms with E-state index < -0.39 is 12.1 Å². The highest BCUT2D eigenvalue weighted by Crippen LogP contribution is 2.35. The Hall–Kier alpha value is -4.64. The number of likely N-dealkylation sites (N-methyl/N-ethyl adjacent to an activating group) is 1. The molecule has 3 atom stereocenters. The summed E-state index contributed by atoms with van der Waals surface area (Å²) >= 11 is 0. The number of para-hydroxylation sites is 1. The van der Waals surface area contributed by atoms with Crippen LogP contribution in [-0.4, -0.2) is 83.7 Å². The van der Waals surface area contributed by atoms with Crippen LogP contribution in [0.2, 0.25) is 0 Å². The molecule has 1 aliphatic rings. The summed E-state index contributed by atoms with van der Waals surface area (Å²) in [6.07, 6.45) is 2.48. The van der Waals surface area contributed by atoms with Crippen molar-refractivity contribution in [3.8, 4) is 11.5 Å². The number of aliphatic hydroxyl groups excluding tert-OH is 1. The average molecular weight is 562 g/mol. The van der Waals surface area contributed by atoms with Crippen molar-refractivity contribution in [3.05, 3.63) is 78.1 Å². The number of aromatic nitrogens is 1. The Morgan fingerprint density at radius 1 is 1.15 bits per heavy atom. The number of fused-ring (bicyclic) bond motifs is 1. The average Bonchev–Trinajstić information content (AvgIpc) is 2.99. The van der Waals surface area contributed by atoms with Gasteiger partial charge in [-0.15, -0.1) is 0 Å². The van der Waals surface area contributed by atoms with Gasteiger partial charge in [-0.3, -0.25) is 14.6 Å². The number of pyridine rings is 1. The van der Waals surface area contributed by atoms with Gasteiger partial charge < -0.3 is 35.0 Å². The zero-order valence-electron chi connectivity index (χ0n) is 23.5. The molecule has 0 fully saturated rings. The highest BCUT2D eigenvalue weighted by atomic mass is 16.5. The largest absolute Gasteiger partial charge is 0.497 e. The van der Waals surface area contributed by atoms with Gasteiger partial charge in [0.2, 0.25) is 0 Å². The molecule has 216 valence electrons. The fourth-order valence-corrected chi connectivity index (χ4v) is 4.50. The van der Waals surface area contributed by atoms with Gasteiger partial charge in [0.25, 0.3) is 11.8 Å². The number of hydrogen-bond acceptors (Lipinski definition) is 7. The second-order valence-electron chi connectivity index (χ2n) is 10.0. The van der Waals surface area contributed by atoms with Crippen molar-refractivity contribution >= 4 is 29.2 Å². The summed E-state index contributed by atoms with van der Waals surface area (Å²) < 4.78 is 11.6. The number of hydrogen-bond donors (Lipinski definition) is 3. The van der Waals surface area contributed by atoms with Crippen molar-refractivity contribution in [2.75, 3.05) is 44.5 Å². The number of carbonyl (C=O) groups is 3. The van der Waals surface area contributed by atoms with Crippen molar-refractivity contribution in [2.24, 2.45) is 5.92 Å². The maximum atomic E-state index is 13.7. The van der Waals surface area contributed by atoms with Crippen LogP contribution in [0.3, 0.4) is 0 Å². The molecule has 3 N–H and O–H groups in total. The third kappa shape index (κ3) is 6.93. The van der Waals surface area contributed by atoms with Gasteiger partial charge in [-0.05, 0) is 55.5 Å². The lowest BCUT2D eigenvalue weighted by Crippen LogP contribution is -2.50. The van der Waals surface area contributed by atoms with Crippen LogP contribution in [0.15, 0.2) is 67.0 Å². The fraction of sp³-hybridized carbons (Fsp3) is 0.333. The van der Waals surface area contributed by atoms with Gasteiger partial charge in [-0.25, -0.2) is 4.79 Å². The van der Waals surface area contributed by atoms with Gasteiger partial charge in [-0.1, -0.05) is 13.0 Å². The van der Waals surface area contributed by atoms with Gasteiger partial charge >= 0.3 is 6.03 Å². The van der Waals surface area contributed by atoms with E-state index in [-0.39, 0.29) is 48.2 Å². The smallest absolute Gasteiger partial charge is 0.321 e. The van der Waals surface area contributed by atoms with Gasteiger partial charge in [0.1, 0.15) is 11.9 Å². The Bertz CT molecular complexity index is 1370. The third-order valence-electron chi connectivity index (χ3n) is 7.02. The molecule has 2 heterocycles. The van der Waals surface area contributed by atoms with Crippen LogP contribution in [0, 0.1) is 5.92 Å². The standard InChI is InChI=1S/C30H35N5O6/c1-19-16-35(20(2)18-36)29(38)24-6-5-7-25(33-28(37)21-12-14-31-15-13-21)27(24)41-26(19)17-34(3)30(39)32-22-8-10-23(40-4)11-9-22/h5-15,19-20,26,36H,16-18H2,1-4H3,(H,32,39)(H,33,37)/t19-,20-,26-/m0/s1. The first kappa shape index (κ1) is 29.3. The number of benzene rings is 2. The minimum Gasteiger partial charge on any atom is -0.497 e. The molecule has 41 heavy (non-hydrogen) atoms. The number of methoxy groups -OCH3 is 1. The van der Waals surface area contributed by atoms with Gasteiger partial charge in [0.15, 0.2) is 5.75 Å². The summed E-state index contributed by atoms with van der Waals surface area (Å²) in [4.78, 5) is 46.8. The van der Waals surface area contributed by atoms with Crippen LogP contribution in [0.25, 0.3) is 0 Å². The zero-order chi connectivity index (χ0) is 29.5. The van der Waals surface area contributed by atoms with E-state index in [0.29, 0.717) is 29.2 Å². The maximum Gasteiger partial charge on any atom is 0.321 e. The third-order valence-corrected chi connectivity index (χ3v) is 7.02. The van der Waals surface area contributed by atoms with Gasteiger partial charge in [0, 0.05) is 43.2 Å². The van der Waals surface area contributed by atoms with Crippen LogP contribution in [0.5, 0.6) is 11.5 Å². The molecular weight excluding hydrogens is 526 g/mol. The van der Waals surface area contributed by atoms with E-state index in [4.69, 9.17) is 9.47 Å². The Labute approximate surface area is 239 Å². The molecule has 4 amide bonds. The topological polar surface area (TPSA) is 133 Å². The number of ether oxygens (including phenoxy) is 2. The fourth-order valence-electron chi connectivity index (χ4n) is 4.50. The number of urea groups is 1. The predicted octanol–water partition coefficient (Wildman–Crippen LogP) is 3.73. The molecule has 0 radical (unpaired) electrons. The Morgan fingerprint density at radius 2 is 1.85 bits per heavy atom. The molecular formula is C30H35N5O6. The van der Waals surface area contributed by atoms with E-state index in [0.717, 1.165) is 0 Å². The van der Waals surface area contributed by atoms with Gasteiger partial charge in [0.05, 0.1) is 37.6 Å². The van der Waals surface area contributed by atoms with E-state index in [2.05, 4.69) is 15.6 Å². The van der Waals surface area contributed by atoms with Crippen LogP contribution in [0.1, 0.15) is 34.6 Å². The molecule has 0 aliphatic carbocycles. The molecule has 1 aromatic heterocycles. The normalized spacial score (nSPS) is 17.3. The van der Waals surface area contributed by atoms with Crippen molar-refractivity contribution in [1.29, 1.82) is 0 Å². The lowest BCUT2D eigenvalue weighted by atomic mass is 9.99. The molecule has 0 bridgehead atoms. The number of nitrogens with zero attached hydrogens (tertiary/aromatic N) is 3. The molecule has 0 saturated carbocycles. The SMILES string of the molecule is COc1ccc(NC(=O)N(C)C[C@@H]2Oc3c(NC(=O)c4ccncc4)cccc3C(=O)N([C@@H](C)CO)C[C@@H]2C)cc1. The van der Waals surface area contributed by atoms with E-state index in [1.807, 2.05) is 6.92 Å². The first-order valence-corrected chi connectivity index (χ1v) is 13.3. The number of rotatable bonds is 8. The van der Waals surface area contributed by atoms with E-state index in [1.165, 1.54) is 17.3 Å². The highest BCUT2D eigenvalue weighted by Gasteiger charge is 2.35. The molecule has 0 saturated heterocycles. The second kappa shape index (κ2) is 13.1. The van der Waals surface area contributed by atoms with E-state index in [1.54, 1.807) is 80.6 Å². The van der Waals surface area contributed by atoms with Crippen LogP contribution in [0.4, 0.5) is 16.2 Å². The van der Waals surface area contributed by atoms with Crippen molar-refractivity contribution in [3.63, 3.8) is 0 Å². The summed E-state index contributed by atoms with van der Waals surface area (Å²) in [6, 6.07) is 14.3. The predicted molar refractivity (Wildman–Crippen MR) is 154 cm³/mol. The quantitative estimate of drug-likeness (QED) is 0.382. The van der Waals surface area contributed by atoms with Crippen LogP contribution >= 0.6 is 0 Å². The molecule has 2 aromatic carbocycles. The van der Waals surface area contributed by atoms with Crippen LogP contribution in [-0.2, 0) is 0 Å². The maximum absolute atomic E-state index is 13.7. The monoisotopic (exact) mass is 561 g/mol. The summed E-state index contributed by atoms with van der Waals surface area (Å²) in [6.45, 7) is 3.96. The first-order chi connectivity index (χ1) is 19.7. The highest BCUT2D eigenvalue weighted by molar-refractivity contribution is 6.07. The number of anilines is 2. The number of aliphatic hydroxyl groups is 1. The lowest BCUT2D eigenvalue weighted by molar-refractivity contribution is 0.0372. The number of amides is 4. The van der Waals surface area contributed by atoms with E-state index >= 15 is 0 Å². The molecule has 11 nitrogen and oxygen atoms in total. The number of nitrogens with one attached hydrogen (secondary N) is 2. The Morgan fingerprint density at radius 3 is 2.51 bits per heavy atom. The molecule has 0 spiro atoms. The van der Waals surface area contributed by atoms with Crippen molar-refractivity contribution in [2.45, 2.75) is 26.0 Å². The lowest BCUT2D eigenvalue weighted by Gasteiger charge is -2.38. The molecule has 11 heteroatoms. The minimum atomic E-state index is -0.555. The summed E-state index contributed by atoms with van der Waals surface area (Å²) in [5.74, 6) is -0.0656. The Kier molecular flexibility index (Phi) is 9.41. The van der Waals surface area contributed by atoms with Crippen molar-refractivity contribution < 1.29 is 29.0 Å². The number of carbonyl (C=O) groups excluding carboxylic acids is 3. The molecule has 0 unspecified atom stereocenters. The summed E-state index contributed by atoms with van der Waals surface area (Å²) in [5.41, 5.74) is 1.57. The summed E-state index contributed by atoms with van der Waals surface area (Å²) in [5, 5.41) is 15.6. The minimum absolute atomic E-state index is 0.185. The first-order valence-electron chi connectivity index (χ1n) is 13.3.